The van der Waals surface area contributed by atoms with Gasteiger partial charge in [-0.15, -0.1) is 0 Å². The third-order valence-corrected chi connectivity index (χ3v) is 5.19. The molecular weight excluding hydrogens is 469 g/mol. The highest BCUT2D eigenvalue weighted by molar-refractivity contribution is 6.35. The van der Waals surface area contributed by atoms with Gasteiger partial charge in [0.25, 0.3) is 0 Å². The van der Waals surface area contributed by atoms with Crippen molar-refractivity contribution in [3.8, 4) is 0 Å². The van der Waals surface area contributed by atoms with Crippen molar-refractivity contribution >= 4 is 46.5 Å². The van der Waals surface area contributed by atoms with Gasteiger partial charge in [-0.05, 0) is 55.3 Å². The summed E-state index contributed by atoms with van der Waals surface area (Å²) in [7, 11) is 0. The van der Waals surface area contributed by atoms with E-state index >= 15 is 0 Å². The Hall–Kier alpha value is -2.65. The Bertz CT molecular complexity index is 930. The highest BCUT2D eigenvalue weighted by Gasteiger charge is 2.14. The van der Waals surface area contributed by atoms with Crippen LogP contribution in [0, 0.1) is 0 Å². The highest BCUT2D eigenvalue weighted by atomic mass is 35.5. The van der Waals surface area contributed by atoms with Crippen LogP contribution < -0.4 is 15.1 Å². The van der Waals surface area contributed by atoms with Crippen molar-refractivity contribution in [3.05, 3.63) is 64.4 Å². The molecule has 0 spiro atoms. The summed E-state index contributed by atoms with van der Waals surface area (Å²) in [6.07, 6.45) is 5.12. The highest BCUT2D eigenvalue weighted by Crippen LogP contribution is 2.30. The minimum absolute atomic E-state index is 0.352. The maximum absolute atomic E-state index is 9.76. The number of carboxylic acid groups (broad SMARTS) is 2. The van der Waals surface area contributed by atoms with E-state index in [4.69, 9.17) is 27.9 Å². The molecule has 1 fully saturated rings. The molecule has 1 saturated heterocycles. The molecule has 0 aliphatic carbocycles. The number of carbonyl (C=O) groups excluding carboxylic acids is 2. The fraction of sp³-hybridized carbons (Fsp3) is 0.348. The predicted octanol–water partition coefficient (Wildman–Crippen LogP) is 1.68. The number of aliphatic carboxylic acids is 2. The number of pyridine rings is 1. The molecule has 33 heavy (non-hydrogen) atoms. The number of morpholine rings is 1. The number of rotatable bonds is 8. The van der Waals surface area contributed by atoms with Crippen LogP contribution in [0.2, 0.25) is 10.0 Å². The number of carboxylic acids is 2. The molecule has 1 aromatic heterocycles. The normalized spacial score (nSPS) is 14.2. The molecule has 10 heteroatoms. The smallest absolute Gasteiger partial charge is 0.0672 e. The summed E-state index contributed by atoms with van der Waals surface area (Å²) < 4.78 is 5.40. The molecule has 2 aromatic rings. The van der Waals surface area contributed by atoms with E-state index < -0.39 is 11.9 Å². The van der Waals surface area contributed by atoms with E-state index in [1.54, 1.807) is 18.5 Å². The third-order valence-electron chi connectivity index (χ3n) is 4.75. The van der Waals surface area contributed by atoms with Gasteiger partial charge in [0.15, 0.2) is 0 Å². The molecule has 0 radical (unpaired) electrons. The van der Waals surface area contributed by atoms with Gasteiger partial charge in [-0.25, -0.2) is 0 Å². The van der Waals surface area contributed by atoms with E-state index in [0.29, 0.717) is 16.1 Å². The Morgan fingerprint density at radius 3 is 2.21 bits per heavy atom. The van der Waals surface area contributed by atoms with Crippen LogP contribution in [0.15, 0.2) is 54.4 Å². The van der Waals surface area contributed by atoms with Crippen molar-refractivity contribution in [3.63, 3.8) is 0 Å². The maximum atomic E-state index is 9.76. The molecule has 3 rings (SSSR count). The summed E-state index contributed by atoms with van der Waals surface area (Å²) in [5.74, 6) is -3.03. The first kappa shape index (κ1) is 26.6. The maximum Gasteiger partial charge on any atom is 0.0672 e. The molecule has 1 aromatic carbocycles. The molecule has 0 bridgehead atoms. The minimum atomic E-state index is -1.53. The lowest BCUT2D eigenvalue weighted by Gasteiger charge is -2.29. The van der Waals surface area contributed by atoms with Gasteiger partial charge in [-0.1, -0.05) is 23.2 Å². The van der Waals surface area contributed by atoms with Crippen LogP contribution in [0.1, 0.15) is 13.3 Å². The fourth-order valence-electron chi connectivity index (χ4n) is 3.14. The zero-order chi connectivity index (χ0) is 24.2. The first-order chi connectivity index (χ1) is 15.8. The van der Waals surface area contributed by atoms with Gasteiger partial charge in [0.2, 0.25) is 0 Å². The minimum Gasteiger partial charge on any atom is -0.545 e. The van der Waals surface area contributed by atoms with Crippen molar-refractivity contribution in [2.24, 2.45) is 0 Å². The largest absolute Gasteiger partial charge is 0.545 e. The van der Waals surface area contributed by atoms with Crippen molar-refractivity contribution in [1.82, 2.24) is 9.88 Å². The molecule has 1 aliphatic rings. The number of benzene rings is 1. The van der Waals surface area contributed by atoms with Gasteiger partial charge in [-0.2, -0.15) is 0 Å². The lowest BCUT2D eigenvalue weighted by atomic mass is 10.2. The standard InChI is InChI=1S/C18H21Cl2N3O.C5H6O4/c19-15-12-16(20)14-18(13-15)23(17-2-4-21-5-3-17)7-1-6-22-8-10-24-11-9-22;1-3(5(8)9)2-4(6)7/h2-5,12-14H,1,6-11H2;2H,1H3,(H,6,7)(H,8,9)/p-2. The molecule has 0 atom stereocenters. The Kier molecular flexibility index (Phi) is 11.1. The van der Waals surface area contributed by atoms with Crippen molar-refractivity contribution < 1.29 is 24.5 Å². The zero-order valence-electron chi connectivity index (χ0n) is 18.2. The van der Waals surface area contributed by atoms with Crippen LogP contribution in [0.3, 0.4) is 0 Å². The Labute approximate surface area is 203 Å². The molecule has 0 N–H and O–H groups in total. The molecule has 1 aliphatic heterocycles. The average Bonchev–Trinajstić information content (AvgIpc) is 2.77. The van der Waals surface area contributed by atoms with Crippen LogP contribution in [0.4, 0.5) is 11.4 Å². The second-order valence-electron chi connectivity index (χ2n) is 7.23. The molecule has 0 unspecified atom stereocenters. The molecule has 0 saturated carbocycles. The summed E-state index contributed by atoms with van der Waals surface area (Å²) in [5.41, 5.74) is 1.74. The van der Waals surface area contributed by atoms with Crippen LogP contribution in [0.25, 0.3) is 0 Å². The second kappa shape index (κ2) is 13.8. The second-order valence-corrected chi connectivity index (χ2v) is 8.10. The number of aromatic nitrogens is 1. The SMILES string of the molecule is CC(=CC(=O)[O-])C(=O)[O-].Clc1cc(Cl)cc(N(CCCN2CCOCC2)c2ccncc2)c1. The summed E-state index contributed by atoms with van der Waals surface area (Å²) >= 11 is 12.4. The molecular formula is C23H25Cl2N3O5-2. The number of carbonyl (C=O) groups is 2. The van der Waals surface area contributed by atoms with Gasteiger partial charge in [0, 0.05) is 60.0 Å². The van der Waals surface area contributed by atoms with E-state index in [2.05, 4.69) is 14.8 Å². The first-order valence-corrected chi connectivity index (χ1v) is 11.1. The van der Waals surface area contributed by atoms with Crippen molar-refractivity contribution in [1.29, 1.82) is 0 Å². The number of nitrogens with zero attached hydrogens (tertiary/aromatic N) is 3. The van der Waals surface area contributed by atoms with Gasteiger partial charge in [0.05, 0.1) is 25.2 Å². The monoisotopic (exact) mass is 493 g/mol. The Morgan fingerprint density at radius 1 is 1.09 bits per heavy atom. The van der Waals surface area contributed by atoms with E-state index in [0.717, 1.165) is 64.1 Å². The van der Waals surface area contributed by atoms with Gasteiger partial charge in [-0.3, -0.25) is 9.88 Å². The van der Waals surface area contributed by atoms with E-state index in [1.807, 2.05) is 24.3 Å². The van der Waals surface area contributed by atoms with Crippen molar-refractivity contribution in [2.75, 3.05) is 44.3 Å². The number of ether oxygens (including phenoxy) is 1. The lowest BCUT2D eigenvalue weighted by molar-refractivity contribution is -0.302. The van der Waals surface area contributed by atoms with Crippen LogP contribution in [0.5, 0.6) is 0 Å². The van der Waals surface area contributed by atoms with Crippen LogP contribution in [-0.2, 0) is 14.3 Å². The van der Waals surface area contributed by atoms with Crippen LogP contribution in [-0.4, -0.2) is 61.2 Å². The molecule has 8 nitrogen and oxygen atoms in total. The number of halogens is 2. The number of anilines is 2. The summed E-state index contributed by atoms with van der Waals surface area (Å²) in [4.78, 5) is 28.2. The molecule has 0 amide bonds. The van der Waals surface area contributed by atoms with Gasteiger partial charge >= 0.3 is 0 Å². The number of hydrogen-bond donors (Lipinski definition) is 0. The average molecular weight is 494 g/mol. The molecule has 2 heterocycles. The van der Waals surface area contributed by atoms with E-state index in [-0.39, 0.29) is 5.57 Å². The first-order valence-electron chi connectivity index (χ1n) is 10.3. The topological polar surface area (TPSA) is 109 Å². The fourth-order valence-corrected chi connectivity index (χ4v) is 3.65. The Balaban J connectivity index is 0.000000365. The van der Waals surface area contributed by atoms with Gasteiger partial charge < -0.3 is 29.4 Å². The van der Waals surface area contributed by atoms with E-state index in [1.165, 1.54) is 0 Å². The summed E-state index contributed by atoms with van der Waals surface area (Å²) in [6.45, 7) is 6.74. The zero-order valence-corrected chi connectivity index (χ0v) is 19.7. The third kappa shape index (κ3) is 9.79. The Morgan fingerprint density at radius 2 is 1.70 bits per heavy atom. The predicted molar refractivity (Wildman–Crippen MR) is 123 cm³/mol. The quantitative estimate of drug-likeness (QED) is 0.510. The summed E-state index contributed by atoms with van der Waals surface area (Å²) in [5, 5.41) is 20.7. The number of hydrogen-bond acceptors (Lipinski definition) is 8. The van der Waals surface area contributed by atoms with Crippen molar-refractivity contribution in [2.45, 2.75) is 13.3 Å². The lowest BCUT2D eigenvalue weighted by Crippen LogP contribution is -2.37. The van der Waals surface area contributed by atoms with Crippen LogP contribution >= 0.6 is 23.2 Å². The molecule has 178 valence electrons. The summed E-state index contributed by atoms with van der Waals surface area (Å²) in [6, 6.07) is 9.66. The van der Waals surface area contributed by atoms with Gasteiger partial charge in [0.1, 0.15) is 0 Å². The van der Waals surface area contributed by atoms with E-state index in [9.17, 15) is 19.8 Å².